The molecule has 3 saturated heterocycles. The van der Waals surface area contributed by atoms with Gasteiger partial charge in [0, 0.05) is 6.54 Å². The maximum atomic E-state index is 13.3. The predicted molar refractivity (Wildman–Crippen MR) is 117 cm³/mol. The summed E-state index contributed by atoms with van der Waals surface area (Å²) in [4.78, 5) is 65.2. The molecule has 0 aliphatic carbocycles. The van der Waals surface area contributed by atoms with Gasteiger partial charge in [-0.3, -0.25) is 24.6 Å². The molecule has 10 nitrogen and oxygen atoms in total. The average molecular weight is 449 g/mol. The summed E-state index contributed by atoms with van der Waals surface area (Å²) in [5, 5.41) is 9.49. The van der Waals surface area contributed by atoms with Crippen molar-refractivity contribution in [3.63, 3.8) is 0 Å². The number of carbonyl (C=O) groups excluding carboxylic acids is 5. The Kier molecular flexibility index (Phi) is 4.62. The Morgan fingerprint density at radius 1 is 1.03 bits per heavy atom. The maximum Gasteiger partial charge on any atom is 0.325 e. The van der Waals surface area contributed by atoms with Crippen molar-refractivity contribution in [3.05, 3.63) is 48.0 Å². The van der Waals surface area contributed by atoms with Crippen LogP contribution in [0, 0.1) is 0 Å². The lowest BCUT2D eigenvalue weighted by atomic mass is 9.89. The van der Waals surface area contributed by atoms with Gasteiger partial charge in [-0.15, -0.1) is 0 Å². The standard InChI is InChI=1S/C23H23N5O5/c1-22(16-8-7-14-5-2-3-6-15(14)11-16)19(31)28(21(33)26-22)12-17(29)27-10-4-9-23(13-27)18(30)24-20(32)25-23/h2-3,5-8,11H,4,9-10,12-13H2,1H3,(H,26,33)(H2,24,25,30,32). The monoisotopic (exact) mass is 449 g/mol. The van der Waals surface area contributed by atoms with E-state index in [9.17, 15) is 24.0 Å². The summed E-state index contributed by atoms with van der Waals surface area (Å²) < 4.78 is 0. The average Bonchev–Trinajstić information content (AvgIpc) is 3.19. The van der Waals surface area contributed by atoms with Gasteiger partial charge in [0.1, 0.15) is 17.6 Å². The van der Waals surface area contributed by atoms with Gasteiger partial charge in [0.05, 0.1) is 6.54 Å². The fourth-order valence-corrected chi connectivity index (χ4v) is 4.86. The molecule has 7 amide bonds. The normalized spacial score (nSPS) is 27.2. The van der Waals surface area contributed by atoms with Crippen LogP contribution in [0.25, 0.3) is 10.8 Å². The number of carbonyl (C=O) groups is 5. The number of rotatable bonds is 3. The van der Waals surface area contributed by atoms with E-state index in [1.165, 1.54) is 4.90 Å². The number of amides is 7. The number of nitrogens with one attached hydrogen (secondary N) is 3. The van der Waals surface area contributed by atoms with Crippen LogP contribution in [-0.2, 0) is 19.9 Å². The number of urea groups is 2. The first kappa shape index (κ1) is 20.9. The Hall–Kier alpha value is -3.95. The summed E-state index contributed by atoms with van der Waals surface area (Å²) >= 11 is 0. The van der Waals surface area contributed by atoms with Gasteiger partial charge < -0.3 is 15.5 Å². The zero-order chi connectivity index (χ0) is 23.4. The molecule has 3 heterocycles. The summed E-state index contributed by atoms with van der Waals surface area (Å²) in [6.07, 6.45) is 0.923. The number of imide groups is 2. The maximum absolute atomic E-state index is 13.3. The Labute approximate surface area is 189 Å². The molecule has 10 heteroatoms. The number of likely N-dealkylation sites (tertiary alicyclic amines) is 1. The van der Waals surface area contributed by atoms with Crippen LogP contribution < -0.4 is 16.0 Å². The Bertz CT molecular complexity index is 1230. The third kappa shape index (κ3) is 3.29. The van der Waals surface area contributed by atoms with Crippen LogP contribution >= 0.6 is 0 Å². The van der Waals surface area contributed by atoms with Gasteiger partial charge in [-0.05, 0) is 42.2 Å². The molecule has 3 N–H and O–H groups in total. The molecular weight excluding hydrogens is 426 g/mol. The lowest BCUT2D eigenvalue weighted by molar-refractivity contribution is -0.141. The van der Waals surface area contributed by atoms with Crippen LogP contribution in [0.2, 0.25) is 0 Å². The van der Waals surface area contributed by atoms with Gasteiger partial charge in [0.15, 0.2) is 0 Å². The molecule has 5 rings (SSSR count). The van der Waals surface area contributed by atoms with Gasteiger partial charge in [-0.2, -0.15) is 0 Å². The van der Waals surface area contributed by atoms with Crippen molar-refractivity contribution in [2.24, 2.45) is 0 Å². The minimum absolute atomic E-state index is 0.00496. The summed E-state index contributed by atoms with van der Waals surface area (Å²) in [6, 6.07) is 12.0. The molecule has 1 spiro atoms. The van der Waals surface area contributed by atoms with E-state index >= 15 is 0 Å². The number of benzene rings is 2. The molecular formula is C23H23N5O5. The summed E-state index contributed by atoms with van der Waals surface area (Å²) in [5.41, 5.74) is -1.84. The highest BCUT2D eigenvalue weighted by Crippen LogP contribution is 2.31. The lowest BCUT2D eigenvalue weighted by Gasteiger charge is -2.38. The first-order valence-corrected chi connectivity index (χ1v) is 10.8. The number of piperidine rings is 1. The highest BCUT2D eigenvalue weighted by molar-refractivity contribution is 6.10. The second kappa shape index (κ2) is 7.29. The Morgan fingerprint density at radius 3 is 2.52 bits per heavy atom. The van der Waals surface area contributed by atoms with Crippen molar-refractivity contribution in [2.75, 3.05) is 19.6 Å². The molecule has 33 heavy (non-hydrogen) atoms. The van der Waals surface area contributed by atoms with Crippen LogP contribution in [0.1, 0.15) is 25.3 Å². The first-order chi connectivity index (χ1) is 15.7. The fourth-order valence-electron chi connectivity index (χ4n) is 4.86. The van der Waals surface area contributed by atoms with Crippen LogP contribution in [0.4, 0.5) is 9.59 Å². The molecule has 2 atom stereocenters. The van der Waals surface area contributed by atoms with E-state index < -0.39 is 47.4 Å². The van der Waals surface area contributed by atoms with Crippen LogP contribution in [0.3, 0.4) is 0 Å². The zero-order valence-corrected chi connectivity index (χ0v) is 18.0. The van der Waals surface area contributed by atoms with Gasteiger partial charge in [0.2, 0.25) is 5.91 Å². The minimum atomic E-state index is -1.30. The summed E-state index contributed by atoms with van der Waals surface area (Å²) in [6.45, 7) is 1.54. The van der Waals surface area contributed by atoms with Crippen molar-refractivity contribution >= 4 is 40.6 Å². The highest BCUT2D eigenvalue weighted by atomic mass is 16.2. The Morgan fingerprint density at radius 2 is 1.79 bits per heavy atom. The molecule has 2 aromatic rings. The van der Waals surface area contributed by atoms with E-state index in [4.69, 9.17) is 0 Å². The molecule has 3 fully saturated rings. The third-order valence-electron chi connectivity index (χ3n) is 6.75. The van der Waals surface area contributed by atoms with E-state index in [2.05, 4.69) is 16.0 Å². The number of hydrogen-bond acceptors (Lipinski definition) is 5. The second-order valence-corrected chi connectivity index (χ2v) is 8.92. The van der Waals surface area contributed by atoms with Crippen LogP contribution in [0.5, 0.6) is 0 Å². The molecule has 0 radical (unpaired) electrons. The van der Waals surface area contributed by atoms with Gasteiger partial charge >= 0.3 is 12.1 Å². The quantitative estimate of drug-likeness (QED) is 0.598. The third-order valence-corrected chi connectivity index (χ3v) is 6.75. The topological polar surface area (TPSA) is 128 Å². The molecule has 0 aromatic heterocycles. The first-order valence-electron chi connectivity index (χ1n) is 10.8. The van der Waals surface area contributed by atoms with Crippen molar-refractivity contribution in [1.82, 2.24) is 25.8 Å². The molecule has 0 saturated carbocycles. The summed E-state index contributed by atoms with van der Waals surface area (Å²) in [7, 11) is 0. The van der Waals surface area contributed by atoms with Gasteiger partial charge in [0.25, 0.3) is 11.8 Å². The van der Waals surface area contributed by atoms with Crippen molar-refractivity contribution in [3.8, 4) is 0 Å². The molecule has 0 bridgehead atoms. The zero-order valence-electron chi connectivity index (χ0n) is 18.0. The number of fused-ring (bicyclic) bond motifs is 1. The van der Waals surface area contributed by atoms with E-state index in [0.29, 0.717) is 24.9 Å². The van der Waals surface area contributed by atoms with Crippen molar-refractivity contribution in [2.45, 2.75) is 30.8 Å². The minimum Gasteiger partial charge on any atom is -0.338 e. The van der Waals surface area contributed by atoms with E-state index in [1.807, 2.05) is 36.4 Å². The SMILES string of the molecule is CC1(c2ccc3ccccc3c2)NC(=O)N(CC(=O)N2CCCC3(C2)NC(=O)NC3=O)C1=O. The molecule has 170 valence electrons. The summed E-state index contributed by atoms with van der Waals surface area (Å²) in [5.74, 6) is -1.45. The van der Waals surface area contributed by atoms with E-state index in [-0.39, 0.29) is 6.54 Å². The molecule has 3 aliphatic rings. The lowest BCUT2D eigenvalue weighted by Crippen LogP contribution is -2.60. The van der Waals surface area contributed by atoms with Crippen LogP contribution in [0.15, 0.2) is 42.5 Å². The van der Waals surface area contributed by atoms with Gasteiger partial charge in [-0.25, -0.2) is 9.59 Å². The van der Waals surface area contributed by atoms with Gasteiger partial charge in [-0.1, -0.05) is 36.4 Å². The van der Waals surface area contributed by atoms with Crippen molar-refractivity contribution < 1.29 is 24.0 Å². The fraction of sp³-hybridized carbons (Fsp3) is 0.348. The van der Waals surface area contributed by atoms with E-state index in [0.717, 1.165) is 15.7 Å². The van der Waals surface area contributed by atoms with E-state index in [1.54, 1.807) is 13.0 Å². The molecule has 2 aromatic carbocycles. The Balaban J connectivity index is 1.34. The number of nitrogens with zero attached hydrogens (tertiary/aromatic N) is 2. The predicted octanol–water partition coefficient (Wildman–Crippen LogP) is 0.807. The number of hydrogen-bond donors (Lipinski definition) is 3. The van der Waals surface area contributed by atoms with Crippen molar-refractivity contribution in [1.29, 1.82) is 0 Å². The smallest absolute Gasteiger partial charge is 0.325 e. The largest absolute Gasteiger partial charge is 0.338 e. The molecule has 2 unspecified atom stereocenters. The highest BCUT2D eigenvalue weighted by Gasteiger charge is 2.52. The second-order valence-electron chi connectivity index (χ2n) is 8.92. The van der Waals surface area contributed by atoms with Crippen LogP contribution in [-0.4, -0.2) is 64.8 Å². The molecule has 3 aliphatic heterocycles.